The second kappa shape index (κ2) is 5.94. The van der Waals surface area contributed by atoms with Gasteiger partial charge >= 0.3 is 0 Å². The molecule has 0 radical (unpaired) electrons. The maximum absolute atomic E-state index is 6.14. The summed E-state index contributed by atoms with van der Waals surface area (Å²) in [6.07, 6.45) is 3.69. The third-order valence-corrected chi connectivity index (χ3v) is 4.11. The van der Waals surface area contributed by atoms with E-state index in [9.17, 15) is 0 Å². The van der Waals surface area contributed by atoms with E-state index in [4.69, 9.17) is 10.5 Å². The first-order valence-corrected chi connectivity index (χ1v) is 7.89. The Balaban J connectivity index is 1.85. The number of nitrogen functional groups attached to an aromatic ring is 1. The first kappa shape index (κ1) is 15.2. The molecule has 0 saturated carbocycles. The Labute approximate surface area is 144 Å². The molecular weight excluding hydrogens is 316 g/mol. The number of aryl methyl sites for hydroxylation is 1. The maximum atomic E-state index is 6.14. The van der Waals surface area contributed by atoms with E-state index < -0.39 is 0 Å². The van der Waals surface area contributed by atoms with Gasteiger partial charge in [-0.3, -0.25) is 9.25 Å². The topological polar surface area (TPSA) is 83.8 Å². The van der Waals surface area contributed by atoms with Gasteiger partial charge in [0.05, 0.1) is 19.9 Å². The molecule has 0 saturated heterocycles. The molecule has 3 aromatic heterocycles. The van der Waals surface area contributed by atoms with E-state index in [1.807, 2.05) is 54.2 Å². The van der Waals surface area contributed by atoms with Crippen molar-refractivity contribution in [3.63, 3.8) is 0 Å². The van der Waals surface area contributed by atoms with Crippen molar-refractivity contribution in [3.8, 4) is 17.0 Å². The average molecular weight is 334 g/mol. The largest absolute Gasteiger partial charge is 0.480 e. The monoisotopic (exact) mass is 334 g/mol. The van der Waals surface area contributed by atoms with Crippen LogP contribution in [0.4, 0.5) is 5.95 Å². The van der Waals surface area contributed by atoms with Crippen LogP contribution in [0.5, 0.6) is 5.88 Å². The van der Waals surface area contributed by atoms with Gasteiger partial charge in [-0.25, -0.2) is 4.98 Å². The summed E-state index contributed by atoms with van der Waals surface area (Å²) in [5.41, 5.74) is 10.5. The van der Waals surface area contributed by atoms with Gasteiger partial charge in [0, 0.05) is 24.4 Å². The quantitative estimate of drug-likeness (QED) is 0.620. The molecule has 126 valence electrons. The molecule has 25 heavy (non-hydrogen) atoms. The van der Waals surface area contributed by atoms with Crippen LogP contribution in [0.3, 0.4) is 0 Å². The van der Waals surface area contributed by atoms with Crippen LogP contribution in [-0.2, 0) is 13.6 Å². The minimum Gasteiger partial charge on any atom is -0.480 e. The van der Waals surface area contributed by atoms with Gasteiger partial charge in [0.2, 0.25) is 11.8 Å². The zero-order valence-electron chi connectivity index (χ0n) is 14.0. The van der Waals surface area contributed by atoms with Crippen LogP contribution in [0.1, 0.15) is 5.56 Å². The predicted molar refractivity (Wildman–Crippen MR) is 96.2 cm³/mol. The fourth-order valence-corrected chi connectivity index (χ4v) is 2.89. The lowest BCUT2D eigenvalue weighted by molar-refractivity contribution is 0.401. The van der Waals surface area contributed by atoms with Crippen molar-refractivity contribution in [2.45, 2.75) is 6.54 Å². The number of benzene rings is 1. The SMILES string of the molecule is COc1nc2c(cc1-c1cnn(C)c1)nc(N)n2Cc1ccccc1. The molecule has 7 heteroatoms. The van der Waals surface area contributed by atoms with Crippen molar-refractivity contribution in [2.24, 2.45) is 7.05 Å². The summed E-state index contributed by atoms with van der Waals surface area (Å²) in [6.45, 7) is 0.603. The zero-order valence-corrected chi connectivity index (χ0v) is 14.0. The predicted octanol–water partition coefficient (Wildman–Crippen LogP) is 2.47. The van der Waals surface area contributed by atoms with Crippen LogP contribution in [0.25, 0.3) is 22.3 Å². The van der Waals surface area contributed by atoms with E-state index in [-0.39, 0.29) is 0 Å². The number of aromatic nitrogens is 5. The fourth-order valence-electron chi connectivity index (χ4n) is 2.89. The van der Waals surface area contributed by atoms with E-state index in [2.05, 4.69) is 15.1 Å². The summed E-state index contributed by atoms with van der Waals surface area (Å²) in [6, 6.07) is 12.0. The average Bonchev–Trinajstić information content (AvgIpc) is 3.18. The Morgan fingerprint density at radius 2 is 1.96 bits per heavy atom. The molecule has 0 aliphatic heterocycles. The number of anilines is 1. The van der Waals surface area contributed by atoms with Crippen molar-refractivity contribution in [2.75, 3.05) is 12.8 Å². The molecule has 0 unspecified atom stereocenters. The summed E-state index contributed by atoms with van der Waals surface area (Å²) in [5, 5.41) is 4.21. The highest BCUT2D eigenvalue weighted by Gasteiger charge is 2.17. The minimum atomic E-state index is 0.428. The van der Waals surface area contributed by atoms with Crippen LogP contribution >= 0.6 is 0 Å². The second-order valence-electron chi connectivity index (χ2n) is 5.83. The highest BCUT2D eigenvalue weighted by molar-refractivity contribution is 5.83. The van der Waals surface area contributed by atoms with Crippen LogP contribution in [0, 0.1) is 0 Å². The van der Waals surface area contributed by atoms with Gasteiger partial charge in [-0.15, -0.1) is 0 Å². The molecule has 4 rings (SSSR count). The third kappa shape index (κ3) is 2.69. The second-order valence-corrected chi connectivity index (χ2v) is 5.83. The van der Waals surface area contributed by atoms with Gasteiger partial charge in [0.1, 0.15) is 5.52 Å². The summed E-state index contributed by atoms with van der Waals surface area (Å²) in [7, 11) is 3.48. The minimum absolute atomic E-state index is 0.428. The van der Waals surface area contributed by atoms with Crippen molar-refractivity contribution in [3.05, 3.63) is 54.4 Å². The fraction of sp³-hybridized carbons (Fsp3) is 0.167. The highest BCUT2D eigenvalue weighted by Crippen LogP contribution is 2.32. The van der Waals surface area contributed by atoms with Gasteiger partial charge in [0.15, 0.2) is 5.65 Å². The van der Waals surface area contributed by atoms with Crippen molar-refractivity contribution in [1.82, 2.24) is 24.3 Å². The standard InChI is InChI=1S/C18H18N6O/c1-23-11-13(9-20-23)14-8-15-16(22-17(14)25-2)24(18(19)21-15)10-12-6-4-3-5-7-12/h3-9,11H,10H2,1-2H3,(H2,19,21). The maximum Gasteiger partial charge on any atom is 0.223 e. The third-order valence-electron chi connectivity index (χ3n) is 4.11. The van der Waals surface area contributed by atoms with Crippen molar-refractivity contribution in [1.29, 1.82) is 0 Å². The Kier molecular flexibility index (Phi) is 3.61. The number of ether oxygens (including phenoxy) is 1. The van der Waals surface area contributed by atoms with E-state index >= 15 is 0 Å². The number of hydrogen-bond acceptors (Lipinski definition) is 5. The van der Waals surface area contributed by atoms with E-state index in [1.54, 1.807) is 18.0 Å². The van der Waals surface area contributed by atoms with Gasteiger partial charge in [-0.2, -0.15) is 10.1 Å². The molecular formula is C18H18N6O. The number of methoxy groups -OCH3 is 1. The van der Waals surface area contributed by atoms with Crippen LogP contribution < -0.4 is 10.5 Å². The number of nitrogens with zero attached hydrogens (tertiary/aromatic N) is 5. The summed E-state index contributed by atoms with van der Waals surface area (Å²) < 4.78 is 9.13. The Morgan fingerprint density at radius 1 is 1.16 bits per heavy atom. The molecule has 0 bridgehead atoms. The number of rotatable bonds is 4. The Bertz CT molecular complexity index is 1030. The molecule has 0 atom stereocenters. The summed E-state index contributed by atoms with van der Waals surface area (Å²) in [4.78, 5) is 9.13. The molecule has 0 aliphatic carbocycles. The summed E-state index contributed by atoms with van der Waals surface area (Å²) >= 11 is 0. The van der Waals surface area contributed by atoms with Crippen LogP contribution in [0.2, 0.25) is 0 Å². The van der Waals surface area contributed by atoms with Crippen LogP contribution in [-0.4, -0.2) is 31.4 Å². The molecule has 0 aliphatic rings. The molecule has 2 N–H and O–H groups in total. The molecule has 0 spiro atoms. The smallest absolute Gasteiger partial charge is 0.223 e. The number of imidazole rings is 1. The molecule has 4 aromatic rings. The van der Waals surface area contributed by atoms with Gasteiger partial charge < -0.3 is 10.5 Å². The van der Waals surface area contributed by atoms with E-state index in [1.165, 1.54) is 0 Å². The van der Waals surface area contributed by atoms with E-state index in [0.717, 1.165) is 22.2 Å². The number of hydrogen-bond donors (Lipinski definition) is 1. The number of pyridine rings is 1. The first-order chi connectivity index (χ1) is 12.2. The van der Waals surface area contributed by atoms with E-state index in [0.29, 0.717) is 24.0 Å². The molecule has 1 aromatic carbocycles. The first-order valence-electron chi connectivity index (χ1n) is 7.89. The molecule has 0 amide bonds. The summed E-state index contributed by atoms with van der Waals surface area (Å²) in [5.74, 6) is 0.950. The van der Waals surface area contributed by atoms with Gasteiger partial charge in [-0.1, -0.05) is 30.3 Å². The molecule has 3 heterocycles. The van der Waals surface area contributed by atoms with Gasteiger partial charge in [0.25, 0.3) is 0 Å². The molecule has 7 nitrogen and oxygen atoms in total. The lowest BCUT2D eigenvalue weighted by atomic mass is 10.1. The van der Waals surface area contributed by atoms with Crippen molar-refractivity contribution >= 4 is 17.1 Å². The number of fused-ring (bicyclic) bond motifs is 1. The Morgan fingerprint density at radius 3 is 2.64 bits per heavy atom. The normalized spacial score (nSPS) is 11.1. The lowest BCUT2D eigenvalue weighted by Gasteiger charge is -2.09. The van der Waals surface area contributed by atoms with Crippen molar-refractivity contribution < 1.29 is 4.74 Å². The van der Waals surface area contributed by atoms with Crippen LogP contribution in [0.15, 0.2) is 48.8 Å². The zero-order chi connectivity index (χ0) is 17.4. The lowest BCUT2D eigenvalue weighted by Crippen LogP contribution is -2.05. The molecule has 0 fully saturated rings. The Hall–Kier alpha value is -3.35. The number of nitrogens with two attached hydrogens (primary N) is 1. The van der Waals surface area contributed by atoms with Gasteiger partial charge in [-0.05, 0) is 11.6 Å². The highest BCUT2D eigenvalue weighted by atomic mass is 16.5.